The normalized spacial score (nSPS) is 10.4. The highest BCUT2D eigenvalue weighted by Crippen LogP contribution is 2.26. The summed E-state index contributed by atoms with van der Waals surface area (Å²) in [7, 11) is 0. The van der Waals surface area contributed by atoms with Crippen LogP contribution in [-0.4, -0.2) is 28.3 Å². The van der Waals surface area contributed by atoms with Crippen LogP contribution in [0.3, 0.4) is 0 Å². The Bertz CT molecular complexity index is 1020. The second-order valence-electron chi connectivity index (χ2n) is 6.48. The predicted octanol–water partition coefficient (Wildman–Crippen LogP) is 4.46. The van der Waals surface area contributed by atoms with Gasteiger partial charge < -0.3 is 10.1 Å². The number of nitrogens with zero attached hydrogens (tertiary/aromatic N) is 2. The molecule has 0 saturated heterocycles. The van der Waals surface area contributed by atoms with Crippen molar-refractivity contribution < 1.29 is 14.3 Å². The zero-order valence-electron chi connectivity index (χ0n) is 16.4. The molecule has 0 atom stereocenters. The van der Waals surface area contributed by atoms with Gasteiger partial charge in [0, 0.05) is 27.5 Å². The first-order valence-corrected chi connectivity index (χ1v) is 9.84. The van der Waals surface area contributed by atoms with Crippen LogP contribution in [0.1, 0.15) is 28.7 Å². The van der Waals surface area contributed by atoms with E-state index in [0.717, 1.165) is 16.3 Å². The minimum Gasteiger partial charge on any atom is -0.484 e. The molecule has 0 fully saturated rings. The number of ketones is 1. The third-order valence-corrected chi connectivity index (χ3v) is 4.79. The van der Waals surface area contributed by atoms with Crippen molar-refractivity contribution in [3.63, 3.8) is 0 Å². The summed E-state index contributed by atoms with van der Waals surface area (Å²) in [4.78, 5) is 33.3. The molecule has 0 unspecified atom stereocenters. The lowest BCUT2D eigenvalue weighted by atomic mass is 10.1. The first-order valence-electron chi connectivity index (χ1n) is 9.03. The topological polar surface area (TPSA) is 81.2 Å². The number of anilines is 1. The lowest BCUT2D eigenvalue weighted by Crippen LogP contribution is -2.20. The monoisotopic (exact) mass is 407 g/mol. The number of aryl methyl sites for hydroxylation is 2. The zero-order valence-corrected chi connectivity index (χ0v) is 17.2. The quantitative estimate of drug-likeness (QED) is 0.460. The lowest BCUT2D eigenvalue weighted by Gasteiger charge is -2.09. The molecule has 0 saturated carbocycles. The molecular weight excluding hydrogens is 386 g/mol. The first-order chi connectivity index (χ1) is 13.9. The molecule has 3 aromatic rings. The van der Waals surface area contributed by atoms with Crippen molar-refractivity contribution in [1.29, 1.82) is 0 Å². The maximum absolute atomic E-state index is 12.1. The standard InChI is InChI=1S/C22H21N3O3S/c1-14-11-15(2)24-22(23-14)29-20-9-7-18(8-10-20)25-21(27)13-28-19-6-4-5-17(12-19)16(3)26/h4-12H,13H2,1-3H3,(H,25,27). The average Bonchev–Trinajstić information content (AvgIpc) is 2.67. The van der Waals surface area contributed by atoms with Crippen LogP contribution in [0.15, 0.2) is 64.6 Å². The van der Waals surface area contributed by atoms with Crippen LogP contribution < -0.4 is 10.1 Å². The predicted molar refractivity (Wildman–Crippen MR) is 113 cm³/mol. The summed E-state index contributed by atoms with van der Waals surface area (Å²) in [6.07, 6.45) is 0. The van der Waals surface area contributed by atoms with E-state index in [-0.39, 0.29) is 18.3 Å². The van der Waals surface area contributed by atoms with Crippen molar-refractivity contribution in [3.8, 4) is 5.75 Å². The summed E-state index contributed by atoms with van der Waals surface area (Å²) >= 11 is 1.47. The number of hydrogen-bond donors (Lipinski definition) is 1. The lowest BCUT2D eigenvalue weighted by molar-refractivity contribution is -0.118. The number of Topliss-reactive ketones (excluding diaryl/α,β-unsaturated/α-hetero) is 1. The number of amides is 1. The van der Waals surface area contributed by atoms with Crippen LogP contribution in [0.4, 0.5) is 5.69 Å². The Balaban J connectivity index is 1.54. The Hall–Kier alpha value is -3.19. The molecular formula is C22H21N3O3S. The fraction of sp³-hybridized carbons (Fsp3) is 0.182. The maximum Gasteiger partial charge on any atom is 0.262 e. The summed E-state index contributed by atoms with van der Waals surface area (Å²) in [5, 5.41) is 3.48. The van der Waals surface area contributed by atoms with E-state index < -0.39 is 0 Å². The molecule has 0 bridgehead atoms. The minimum absolute atomic E-state index is 0.0518. The number of rotatable bonds is 7. The molecule has 1 aromatic heterocycles. The molecule has 0 aliphatic carbocycles. The maximum atomic E-state index is 12.1. The van der Waals surface area contributed by atoms with Crippen LogP contribution >= 0.6 is 11.8 Å². The Morgan fingerprint density at radius 2 is 1.69 bits per heavy atom. The third kappa shape index (κ3) is 6.15. The van der Waals surface area contributed by atoms with Crippen LogP contribution in [0, 0.1) is 13.8 Å². The van der Waals surface area contributed by atoms with Gasteiger partial charge in [-0.15, -0.1) is 0 Å². The molecule has 6 nitrogen and oxygen atoms in total. The third-order valence-electron chi connectivity index (χ3n) is 3.92. The number of hydrogen-bond acceptors (Lipinski definition) is 6. The van der Waals surface area contributed by atoms with Gasteiger partial charge in [0.2, 0.25) is 0 Å². The highest BCUT2D eigenvalue weighted by atomic mass is 32.2. The molecule has 0 aliphatic rings. The molecule has 1 N–H and O–H groups in total. The van der Waals surface area contributed by atoms with Crippen LogP contribution in [-0.2, 0) is 4.79 Å². The summed E-state index contributed by atoms with van der Waals surface area (Å²) < 4.78 is 5.47. The molecule has 148 valence electrons. The minimum atomic E-state index is -0.281. The molecule has 29 heavy (non-hydrogen) atoms. The summed E-state index contributed by atoms with van der Waals surface area (Å²) in [6, 6.07) is 16.1. The molecule has 1 heterocycles. The molecule has 7 heteroatoms. The molecule has 0 spiro atoms. The van der Waals surface area contributed by atoms with Crippen molar-refractivity contribution in [2.24, 2.45) is 0 Å². The largest absolute Gasteiger partial charge is 0.484 e. The van der Waals surface area contributed by atoms with E-state index in [0.29, 0.717) is 22.2 Å². The van der Waals surface area contributed by atoms with Gasteiger partial charge in [0.1, 0.15) is 5.75 Å². The molecule has 0 radical (unpaired) electrons. The first kappa shape index (κ1) is 20.5. The number of carbonyl (C=O) groups is 2. The van der Waals surface area contributed by atoms with Crippen LogP contribution in [0.2, 0.25) is 0 Å². The van der Waals surface area contributed by atoms with Crippen molar-refractivity contribution in [2.45, 2.75) is 30.8 Å². The van der Waals surface area contributed by atoms with Crippen molar-refractivity contribution in [3.05, 3.63) is 71.5 Å². The van der Waals surface area contributed by atoms with Crippen molar-refractivity contribution in [2.75, 3.05) is 11.9 Å². The Morgan fingerprint density at radius 3 is 2.34 bits per heavy atom. The Kier molecular flexibility index (Phi) is 6.61. The van der Waals surface area contributed by atoms with Gasteiger partial charge in [-0.2, -0.15) is 0 Å². The van der Waals surface area contributed by atoms with E-state index in [9.17, 15) is 9.59 Å². The van der Waals surface area contributed by atoms with Gasteiger partial charge in [0.15, 0.2) is 17.5 Å². The second kappa shape index (κ2) is 9.34. The van der Waals surface area contributed by atoms with E-state index in [1.807, 2.05) is 44.2 Å². The molecule has 2 aromatic carbocycles. The van der Waals surface area contributed by atoms with Gasteiger partial charge in [-0.25, -0.2) is 9.97 Å². The fourth-order valence-electron chi connectivity index (χ4n) is 2.60. The van der Waals surface area contributed by atoms with E-state index in [1.54, 1.807) is 24.3 Å². The Labute approximate surface area is 173 Å². The number of ether oxygens (including phenoxy) is 1. The second-order valence-corrected chi connectivity index (χ2v) is 7.52. The van der Waals surface area contributed by atoms with Gasteiger partial charge in [0.05, 0.1) is 0 Å². The van der Waals surface area contributed by atoms with E-state index >= 15 is 0 Å². The van der Waals surface area contributed by atoms with E-state index in [1.165, 1.54) is 18.7 Å². The molecule has 1 amide bonds. The smallest absolute Gasteiger partial charge is 0.262 e. The number of aromatic nitrogens is 2. The number of nitrogens with one attached hydrogen (secondary N) is 1. The van der Waals surface area contributed by atoms with Gasteiger partial charge in [0.25, 0.3) is 5.91 Å². The fourth-order valence-corrected chi connectivity index (χ4v) is 3.46. The number of carbonyl (C=O) groups excluding carboxylic acids is 2. The van der Waals surface area contributed by atoms with E-state index in [2.05, 4.69) is 15.3 Å². The number of benzene rings is 2. The summed E-state index contributed by atoms with van der Waals surface area (Å²) in [5.41, 5.74) is 3.07. The van der Waals surface area contributed by atoms with E-state index in [4.69, 9.17) is 4.74 Å². The van der Waals surface area contributed by atoms with Gasteiger partial charge >= 0.3 is 0 Å². The van der Waals surface area contributed by atoms with Crippen molar-refractivity contribution in [1.82, 2.24) is 9.97 Å². The molecule has 0 aliphatic heterocycles. The van der Waals surface area contributed by atoms with Gasteiger partial charge in [-0.05, 0) is 75.0 Å². The summed E-state index contributed by atoms with van der Waals surface area (Å²) in [6.45, 7) is 5.22. The Morgan fingerprint density at radius 1 is 1.00 bits per heavy atom. The zero-order chi connectivity index (χ0) is 20.8. The highest BCUT2D eigenvalue weighted by Gasteiger charge is 2.07. The summed E-state index contributed by atoms with van der Waals surface area (Å²) in [5.74, 6) is 0.147. The van der Waals surface area contributed by atoms with Crippen LogP contribution in [0.5, 0.6) is 5.75 Å². The van der Waals surface area contributed by atoms with Gasteiger partial charge in [-0.1, -0.05) is 12.1 Å². The van der Waals surface area contributed by atoms with Crippen LogP contribution in [0.25, 0.3) is 0 Å². The SMILES string of the molecule is CC(=O)c1cccc(OCC(=O)Nc2ccc(Sc3nc(C)cc(C)n3)cc2)c1. The average molecular weight is 407 g/mol. The highest BCUT2D eigenvalue weighted by molar-refractivity contribution is 7.99. The van der Waals surface area contributed by atoms with Gasteiger partial charge in [-0.3, -0.25) is 9.59 Å². The molecule has 3 rings (SSSR count). The van der Waals surface area contributed by atoms with Crippen molar-refractivity contribution >= 4 is 29.1 Å².